The second kappa shape index (κ2) is 19.1. The number of carbonyl (C=O) groups excluding carboxylic acids is 6. The molecular formula is C40H46N8O10. The summed E-state index contributed by atoms with van der Waals surface area (Å²) < 4.78 is 10.7. The van der Waals surface area contributed by atoms with Crippen LogP contribution in [0.1, 0.15) is 73.4 Å². The van der Waals surface area contributed by atoms with Crippen molar-refractivity contribution in [2.24, 2.45) is 0 Å². The van der Waals surface area contributed by atoms with Gasteiger partial charge in [0.15, 0.2) is 0 Å². The summed E-state index contributed by atoms with van der Waals surface area (Å²) in [6, 6.07) is 11.8. The summed E-state index contributed by atoms with van der Waals surface area (Å²) >= 11 is 0. The Kier molecular flexibility index (Phi) is 14.3. The third kappa shape index (κ3) is 13.5. The van der Waals surface area contributed by atoms with Crippen LogP contribution in [0.3, 0.4) is 0 Å². The van der Waals surface area contributed by atoms with Crippen LogP contribution in [0.4, 0.5) is 9.59 Å². The number of phenols is 2. The maximum absolute atomic E-state index is 13.4. The SMILES string of the molecule is CC(C)(C)OC(=O)NC(Cc1ccc(O)c(-c2cc(CC(NC(=O)OC(C)(C)C)C(=O)NNC(=O)c3ccncc3)ccc2O)c1)C(=O)NNC(=O)c1ccncc1. The molecular weight excluding hydrogens is 752 g/mol. The summed E-state index contributed by atoms with van der Waals surface area (Å²) in [4.78, 5) is 85.2. The van der Waals surface area contributed by atoms with Crippen molar-refractivity contribution in [1.82, 2.24) is 42.3 Å². The molecule has 0 radical (unpaired) electrons. The van der Waals surface area contributed by atoms with Crippen LogP contribution in [0.2, 0.25) is 0 Å². The smallest absolute Gasteiger partial charge is 0.408 e. The predicted molar refractivity (Wildman–Crippen MR) is 209 cm³/mol. The van der Waals surface area contributed by atoms with Gasteiger partial charge in [0.2, 0.25) is 0 Å². The molecule has 18 nitrogen and oxygen atoms in total. The van der Waals surface area contributed by atoms with Gasteiger partial charge >= 0.3 is 12.2 Å². The number of amides is 6. The van der Waals surface area contributed by atoms with E-state index >= 15 is 0 Å². The fraction of sp³-hybridized carbons (Fsp3) is 0.300. The van der Waals surface area contributed by atoms with E-state index in [2.05, 4.69) is 42.3 Å². The zero-order valence-corrected chi connectivity index (χ0v) is 32.7. The quantitative estimate of drug-likeness (QED) is 0.102. The van der Waals surface area contributed by atoms with Crippen molar-refractivity contribution in [3.63, 3.8) is 0 Å². The summed E-state index contributed by atoms with van der Waals surface area (Å²) in [5.74, 6) is -3.39. The van der Waals surface area contributed by atoms with Gasteiger partial charge in [-0.1, -0.05) is 12.1 Å². The number of pyridine rings is 2. The first-order valence-electron chi connectivity index (χ1n) is 17.9. The minimum atomic E-state index is -1.30. The van der Waals surface area contributed by atoms with E-state index in [9.17, 15) is 39.0 Å². The Hall–Kier alpha value is -7.24. The van der Waals surface area contributed by atoms with Crippen LogP contribution in [0.15, 0.2) is 85.5 Å². The first-order chi connectivity index (χ1) is 27.3. The number of nitrogens with zero attached hydrogens (tertiary/aromatic N) is 2. The van der Waals surface area contributed by atoms with E-state index in [0.717, 1.165) is 0 Å². The molecule has 306 valence electrons. The van der Waals surface area contributed by atoms with Crippen LogP contribution >= 0.6 is 0 Å². The number of aromatic hydroxyl groups is 2. The average molecular weight is 799 g/mol. The fourth-order valence-corrected chi connectivity index (χ4v) is 5.20. The van der Waals surface area contributed by atoms with Crippen molar-refractivity contribution in [1.29, 1.82) is 0 Å². The third-order valence-electron chi connectivity index (χ3n) is 7.79. The molecule has 18 heteroatoms. The standard InChI is InChI=1S/C40H46N8O10/c1-39(2,3)57-37(55)43-29(35(53)47-45-33(51)25-11-15-41-16-12-25)21-23-7-9-31(49)27(19-23)28-20-24(8-10-32(28)50)22-30(44-38(56)58-40(4,5)6)36(54)48-46-34(52)26-13-17-42-18-14-26/h7-20,29-30,49-50H,21-22H2,1-6H3,(H,43,55)(H,44,56)(H,45,51)(H,46,52)(H,47,53)(H,48,54). The van der Waals surface area contributed by atoms with Gasteiger partial charge in [-0.25, -0.2) is 9.59 Å². The highest BCUT2D eigenvalue weighted by molar-refractivity contribution is 5.97. The Labute approximate surface area is 334 Å². The molecule has 8 N–H and O–H groups in total. The zero-order chi connectivity index (χ0) is 42.6. The molecule has 0 aliphatic carbocycles. The Morgan fingerprint density at radius 1 is 0.552 bits per heavy atom. The Bertz CT molecular complexity index is 1970. The minimum absolute atomic E-state index is 0.116. The van der Waals surface area contributed by atoms with E-state index in [0.29, 0.717) is 11.1 Å². The lowest BCUT2D eigenvalue weighted by Crippen LogP contribution is -2.53. The van der Waals surface area contributed by atoms with E-state index in [1.54, 1.807) is 41.5 Å². The number of hydrogen-bond acceptors (Lipinski definition) is 12. The highest BCUT2D eigenvalue weighted by Crippen LogP contribution is 2.37. The van der Waals surface area contributed by atoms with E-state index in [-0.39, 0.29) is 46.6 Å². The monoisotopic (exact) mass is 798 g/mol. The Balaban J connectivity index is 1.59. The van der Waals surface area contributed by atoms with Gasteiger partial charge in [-0.2, -0.15) is 0 Å². The van der Waals surface area contributed by atoms with Crippen LogP contribution in [-0.2, 0) is 31.9 Å². The molecule has 0 aliphatic heterocycles. The van der Waals surface area contributed by atoms with Crippen LogP contribution < -0.4 is 32.3 Å². The molecule has 6 amide bonds. The molecule has 0 spiro atoms. The maximum Gasteiger partial charge on any atom is 0.408 e. The molecule has 0 fully saturated rings. The predicted octanol–water partition coefficient (Wildman–Crippen LogP) is 3.35. The van der Waals surface area contributed by atoms with Crippen molar-refractivity contribution in [3.05, 3.63) is 108 Å². The zero-order valence-electron chi connectivity index (χ0n) is 32.7. The number of hydrazine groups is 2. The maximum atomic E-state index is 13.4. The molecule has 2 aromatic heterocycles. The number of alkyl carbamates (subject to hydrolysis) is 2. The van der Waals surface area contributed by atoms with Crippen molar-refractivity contribution in [3.8, 4) is 22.6 Å². The molecule has 4 aromatic rings. The molecule has 2 heterocycles. The summed E-state index contributed by atoms with van der Waals surface area (Å²) in [7, 11) is 0. The molecule has 0 aliphatic rings. The summed E-state index contributed by atoms with van der Waals surface area (Å²) in [6.45, 7) is 9.88. The number of aromatic nitrogens is 2. The van der Waals surface area contributed by atoms with Gasteiger partial charge in [-0.3, -0.25) is 50.8 Å². The molecule has 0 saturated carbocycles. The second-order valence-electron chi connectivity index (χ2n) is 14.9. The highest BCUT2D eigenvalue weighted by Gasteiger charge is 2.28. The molecule has 2 atom stereocenters. The van der Waals surface area contributed by atoms with Crippen LogP contribution in [-0.4, -0.2) is 79.3 Å². The summed E-state index contributed by atoms with van der Waals surface area (Å²) in [6.07, 6.45) is 3.47. The minimum Gasteiger partial charge on any atom is -0.507 e. The Morgan fingerprint density at radius 3 is 1.22 bits per heavy atom. The van der Waals surface area contributed by atoms with Gasteiger partial charge in [0.1, 0.15) is 34.8 Å². The molecule has 0 saturated heterocycles. The van der Waals surface area contributed by atoms with Crippen molar-refractivity contribution in [2.75, 3.05) is 0 Å². The largest absolute Gasteiger partial charge is 0.507 e. The van der Waals surface area contributed by atoms with Crippen LogP contribution in [0.25, 0.3) is 11.1 Å². The first-order valence-corrected chi connectivity index (χ1v) is 17.9. The van der Waals surface area contributed by atoms with Crippen molar-refractivity contribution < 1.29 is 48.5 Å². The number of benzene rings is 2. The normalized spacial score (nSPS) is 12.2. The second-order valence-corrected chi connectivity index (χ2v) is 14.9. The lowest BCUT2D eigenvalue weighted by Gasteiger charge is -2.24. The van der Waals surface area contributed by atoms with Crippen LogP contribution in [0.5, 0.6) is 11.5 Å². The average Bonchev–Trinajstić information content (AvgIpc) is 3.15. The van der Waals surface area contributed by atoms with Gasteiger partial charge in [0, 0.05) is 59.9 Å². The number of phenolic OH excluding ortho intramolecular Hbond substituents is 2. The number of rotatable bonds is 11. The molecule has 4 rings (SSSR count). The highest BCUT2D eigenvalue weighted by atomic mass is 16.6. The molecule has 2 unspecified atom stereocenters. The van der Waals surface area contributed by atoms with Crippen LogP contribution in [0, 0.1) is 0 Å². The van der Waals surface area contributed by atoms with E-state index in [4.69, 9.17) is 9.47 Å². The summed E-state index contributed by atoms with van der Waals surface area (Å²) in [5.41, 5.74) is 8.89. The third-order valence-corrected chi connectivity index (χ3v) is 7.79. The van der Waals surface area contributed by atoms with E-state index < -0.39 is 59.1 Å². The number of carbonyl (C=O) groups is 6. The van der Waals surface area contributed by atoms with E-state index in [1.807, 2.05) is 0 Å². The Morgan fingerprint density at radius 2 is 0.897 bits per heavy atom. The number of nitrogens with one attached hydrogen (secondary N) is 6. The molecule has 2 aromatic carbocycles. The summed E-state index contributed by atoms with van der Waals surface area (Å²) in [5, 5.41) is 27.0. The van der Waals surface area contributed by atoms with Crippen molar-refractivity contribution in [2.45, 2.75) is 77.7 Å². The fourth-order valence-electron chi connectivity index (χ4n) is 5.20. The van der Waals surface area contributed by atoms with Gasteiger partial charge in [-0.15, -0.1) is 0 Å². The topological polar surface area (TPSA) is 259 Å². The molecule has 58 heavy (non-hydrogen) atoms. The number of hydrogen-bond donors (Lipinski definition) is 8. The lowest BCUT2D eigenvalue weighted by atomic mass is 9.95. The lowest BCUT2D eigenvalue weighted by molar-refractivity contribution is -0.124. The van der Waals surface area contributed by atoms with Gasteiger partial charge in [-0.05, 0) is 101 Å². The van der Waals surface area contributed by atoms with Gasteiger partial charge in [0.05, 0.1) is 0 Å². The number of ether oxygens (including phenoxy) is 2. The van der Waals surface area contributed by atoms with E-state index in [1.165, 1.54) is 85.5 Å². The molecule has 0 bridgehead atoms. The van der Waals surface area contributed by atoms with Gasteiger partial charge in [0.25, 0.3) is 23.6 Å². The van der Waals surface area contributed by atoms with Gasteiger partial charge < -0.3 is 30.3 Å². The first kappa shape index (κ1) is 43.5. The van der Waals surface area contributed by atoms with Crippen molar-refractivity contribution >= 4 is 35.8 Å².